The normalized spacial score (nSPS) is 11.3. The quantitative estimate of drug-likeness (QED) is 0.736. The molecule has 0 aromatic carbocycles. The van der Waals surface area contributed by atoms with Crippen molar-refractivity contribution in [2.24, 2.45) is 0 Å². The Kier molecular flexibility index (Phi) is 6.07. The van der Waals surface area contributed by atoms with Crippen molar-refractivity contribution in [3.8, 4) is 0 Å². The third-order valence-corrected chi connectivity index (χ3v) is 1.59. The molecule has 0 bridgehead atoms. The lowest BCUT2D eigenvalue weighted by Crippen LogP contribution is -2.45. The van der Waals surface area contributed by atoms with Gasteiger partial charge in [0.05, 0.1) is 6.61 Å². The number of halogens is 3. The van der Waals surface area contributed by atoms with Gasteiger partial charge < -0.3 is 15.3 Å². The van der Waals surface area contributed by atoms with E-state index in [1.165, 1.54) is 0 Å². The molecule has 0 heterocycles. The molecular weight excluding hydrogens is 213 g/mol. The maximum Gasteiger partial charge on any atom is 0.405 e. The van der Waals surface area contributed by atoms with Crippen LogP contribution in [0.15, 0.2) is 0 Å². The Morgan fingerprint density at radius 2 is 2.00 bits per heavy atom. The van der Waals surface area contributed by atoms with Crippen molar-refractivity contribution in [1.29, 1.82) is 0 Å². The summed E-state index contributed by atoms with van der Waals surface area (Å²) in [7, 11) is 0. The average Bonchev–Trinajstić information content (AvgIpc) is 2.13. The van der Waals surface area contributed by atoms with Crippen molar-refractivity contribution >= 4 is 6.03 Å². The van der Waals surface area contributed by atoms with Crippen LogP contribution in [-0.4, -0.2) is 48.5 Å². The van der Waals surface area contributed by atoms with E-state index in [2.05, 4.69) is 0 Å². The van der Waals surface area contributed by atoms with Crippen LogP contribution in [0.5, 0.6) is 0 Å². The van der Waals surface area contributed by atoms with E-state index in [1.807, 2.05) is 0 Å². The smallest absolute Gasteiger partial charge is 0.395 e. The summed E-state index contributed by atoms with van der Waals surface area (Å²) in [5.41, 5.74) is 0. The zero-order chi connectivity index (χ0) is 11.9. The topological polar surface area (TPSA) is 52.6 Å². The van der Waals surface area contributed by atoms with Gasteiger partial charge in [0.2, 0.25) is 0 Å². The number of carbonyl (C=O) groups excluding carboxylic acids is 1. The van der Waals surface area contributed by atoms with Crippen molar-refractivity contribution in [3.63, 3.8) is 0 Å². The summed E-state index contributed by atoms with van der Waals surface area (Å²) in [4.78, 5) is 12.3. The summed E-state index contributed by atoms with van der Waals surface area (Å²) >= 11 is 0. The number of rotatable bonds is 5. The largest absolute Gasteiger partial charge is 0.405 e. The van der Waals surface area contributed by atoms with Crippen LogP contribution in [0.25, 0.3) is 0 Å². The molecule has 15 heavy (non-hydrogen) atoms. The molecular formula is C8H15F3N2O2. The zero-order valence-electron chi connectivity index (χ0n) is 8.47. The Balaban J connectivity index is 4.02. The average molecular weight is 228 g/mol. The van der Waals surface area contributed by atoms with Gasteiger partial charge in [0.15, 0.2) is 0 Å². The Bertz CT molecular complexity index is 191. The van der Waals surface area contributed by atoms with E-state index in [-0.39, 0.29) is 13.2 Å². The van der Waals surface area contributed by atoms with Gasteiger partial charge in [-0.3, -0.25) is 0 Å². The van der Waals surface area contributed by atoms with Crippen molar-refractivity contribution in [3.05, 3.63) is 0 Å². The predicted octanol–water partition coefficient (Wildman–Crippen LogP) is 0.963. The van der Waals surface area contributed by atoms with E-state index in [9.17, 15) is 18.0 Å². The van der Waals surface area contributed by atoms with E-state index in [4.69, 9.17) is 5.11 Å². The summed E-state index contributed by atoms with van der Waals surface area (Å²) < 4.78 is 35.3. The molecule has 0 aromatic rings. The van der Waals surface area contributed by atoms with E-state index in [0.717, 1.165) is 4.90 Å². The van der Waals surface area contributed by atoms with Crippen molar-refractivity contribution in [2.75, 3.05) is 26.2 Å². The molecule has 0 saturated carbocycles. The number of hydrogen-bond acceptors (Lipinski definition) is 2. The highest BCUT2D eigenvalue weighted by Crippen LogP contribution is 2.12. The summed E-state index contributed by atoms with van der Waals surface area (Å²) in [6, 6.07) is -0.803. The number of amides is 2. The molecule has 7 heteroatoms. The standard InChI is InChI=1S/C8H15F3N2O2/c1-2-3-13(4-5-14)7(15)12-6-8(9,10)11/h14H,2-6H2,1H3,(H,12,15). The molecule has 0 saturated heterocycles. The van der Waals surface area contributed by atoms with Crippen LogP contribution in [0, 0.1) is 0 Å². The zero-order valence-corrected chi connectivity index (χ0v) is 8.47. The van der Waals surface area contributed by atoms with Crippen LogP contribution in [0.2, 0.25) is 0 Å². The summed E-state index contributed by atoms with van der Waals surface area (Å²) in [5, 5.41) is 10.3. The minimum atomic E-state index is -4.41. The van der Waals surface area contributed by atoms with Gasteiger partial charge in [-0.05, 0) is 6.42 Å². The highest BCUT2D eigenvalue weighted by Gasteiger charge is 2.28. The summed E-state index contributed by atoms with van der Waals surface area (Å²) in [6.45, 7) is 0.542. The lowest BCUT2D eigenvalue weighted by Gasteiger charge is -2.21. The Labute approximate surface area is 86.1 Å². The number of urea groups is 1. The first-order valence-corrected chi connectivity index (χ1v) is 4.61. The minimum absolute atomic E-state index is 0.0392. The van der Waals surface area contributed by atoms with Crippen LogP contribution in [0.3, 0.4) is 0 Å². The third-order valence-electron chi connectivity index (χ3n) is 1.59. The molecule has 90 valence electrons. The first kappa shape index (κ1) is 14.0. The number of alkyl halides is 3. The molecule has 0 aliphatic rings. The van der Waals surface area contributed by atoms with Gasteiger partial charge in [-0.1, -0.05) is 6.92 Å². The number of carbonyl (C=O) groups is 1. The lowest BCUT2D eigenvalue weighted by atomic mass is 10.4. The molecule has 2 N–H and O–H groups in total. The van der Waals surface area contributed by atoms with Gasteiger partial charge in [0, 0.05) is 13.1 Å². The molecule has 0 aliphatic heterocycles. The molecule has 4 nitrogen and oxygen atoms in total. The van der Waals surface area contributed by atoms with Crippen molar-refractivity contribution in [2.45, 2.75) is 19.5 Å². The highest BCUT2D eigenvalue weighted by molar-refractivity contribution is 5.74. The molecule has 0 atom stereocenters. The fraction of sp³-hybridized carbons (Fsp3) is 0.875. The number of nitrogens with one attached hydrogen (secondary N) is 1. The minimum Gasteiger partial charge on any atom is -0.395 e. The second-order valence-corrected chi connectivity index (χ2v) is 2.98. The molecule has 0 fully saturated rings. The lowest BCUT2D eigenvalue weighted by molar-refractivity contribution is -0.123. The first-order chi connectivity index (χ1) is 6.90. The number of hydrogen-bond donors (Lipinski definition) is 2. The van der Waals surface area contributed by atoms with Crippen molar-refractivity contribution in [1.82, 2.24) is 10.2 Å². The first-order valence-electron chi connectivity index (χ1n) is 4.61. The van der Waals surface area contributed by atoms with Crippen LogP contribution in [0.4, 0.5) is 18.0 Å². The van der Waals surface area contributed by atoms with Gasteiger partial charge >= 0.3 is 12.2 Å². The van der Waals surface area contributed by atoms with Crippen molar-refractivity contribution < 1.29 is 23.1 Å². The summed E-state index contributed by atoms with van der Waals surface area (Å²) in [5.74, 6) is 0. The van der Waals surface area contributed by atoms with Gasteiger partial charge in [0.25, 0.3) is 0 Å². The number of nitrogens with zero attached hydrogens (tertiary/aromatic N) is 1. The van der Waals surface area contributed by atoms with Crippen LogP contribution in [0.1, 0.15) is 13.3 Å². The Hall–Kier alpha value is -0.980. The SMILES string of the molecule is CCCN(CCO)C(=O)NCC(F)(F)F. The number of aliphatic hydroxyl groups excluding tert-OH is 1. The highest BCUT2D eigenvalue weighted by atomic mass is 19.4. The van der Waals surface area contributed by atoms with Crippen LogP contribution < -0.4 is 5.32 Å². The maximum atomic E-state index is 11.8. The molecule has 0 unspecified atom stereocenters. The van der Waals surface area contributed by atoms with E-state index in [0.29, 0.717) is 13.0 Å². The second-order valence-electron chi connectivity index (χ2n) is 2.98. The maximum absolute atomic E-state index is 11.8. The van der Waals surface area contributed by atoms with E-state index >= 15 is 0 Å². The summed E-state index contributed by atoms with van der Waals surface area (Å²) in [6.07, 6.45) is -3.79. The van der Waals surface area contributed by atoms with Gasteiger partial charge in [-0.15, -0.1) is 0 Å². The molecule has 0 aliphatic carbocycles. The van der Waals surface area contributed by atoms with Crippen LogP contribution >= 0.6 is 0 Å². The fourth-order valence-electron chi connectivity index (χ4n) is 0.993. The van der Waals surface area contributed by atoms with Gasteiger partial charge in [-0.2, -0.15) is 13.2 Å². The Morgan fingerprint density at radius 3 is 2.40 bits per heavy atom. The second kappa shape index (κ2) is 6.49. The molecule has 2 amide bonds. The van der Waals surface area contributed by atoms with Gasteiger partial charge in [0.1, 0.15) is 6.54 Å². The van der Waals surface area contributed by atoms with E-state index < -0.39 is 18.8 Å². The molecule has 0 aromatic heterocycles. The molecule has 0 radical (unpaired) electrons. The fourth-order valence-corrected chi connectivity index (χ4v) is 0.993. The van der Waals surface area contributed by atoms with Gasteiger partial charge in [-0.25, -0.2) is 4.79 Å². The third kappa shape index (κ3) is 7.01. The number of aliphatic hydroxyl groups is 1. The van der Waals surface area contributed by atoms with E-state index in [1.54, 1.807) is 12.2 Å². The predicted molar refractivity (Wildman–Crippen MR) is 48.4 cm³/mol. The Morgan fingerprint density at radius 1 is 1.40 bits per heavy atom. The molecule has 0 spiro atoms. The monoisotopic (exact) mass is 228 g/mol. The molecule has 0 rings (SSSR count). The van der Waals surface area contributed by atoms with Crippen LogP contribution in [-0.2, 0) is 0 Å².